The van der Waals surface area contributed by atoms with Crippen LogP contribution in [0.1, 0.15) is 58.3 Å². The Labute approximate surface area is 154 Å². The second kappa shape index (κ2) is 16.6. The van der Waals surface area contributed by atoms with Crippen molar-refractivity contribution in [3.8, 4) is 0 Å². The molecule has 0 bridgehead atoms. The van der Waals surface area contributed by atoms with E-state index in [-0.39, 0.29) is 0 Å². The molecule has 0 saturated heterocycles. The van der Waals surface area contributed by atoms with Gasteiger partial charge >= 0.3 is 0 Å². The summed E-state index contributed by atoms with van der Waals surface area (Å²) < 4.78 is 16.3. The molecule has 148 valence electrons. The maximum atomic E-state index is 5.95. The molecule has 1 fully saturated rings. The third kappa shape index (κ3) is 13.1. The van der Waals surface area contributed by atoms with Gasteiger partial charge in [0.1, 0.15) is 0 Å². The first-order valence-electron chi connectivity index (χ1n) is 10.1. The molecule has 6 heteroatoms. The maximum Gasteiger partial charge on any atom is 0.191 e. The minimum absolute atomic E-state index is 0.496. The van der Waals surface area contributed by atoms with Crippen LogP contribution in [0.15, 0.2) is 4.99 Å². The van der Waals surface area contributed by atoms with Crippen molar-refractivity contribution in [3.05, 3.63) is 0 Å². The smallest absolute Gasteiger partial charge is 0.191 e. The standard InChI is InChI=1S/C19H39N3O3/c1-3-20-19(21-12-7-8-14-24-17-16-23-2)22-13-9-15-25-18-10-5-4-6-11-18/h18H,3-17H2,1-2H3,(H2,20,21,22). The SMILES string of the molecule is CCNC(=NCCCOC1CCCCC1)NCCCCOCCOC. The Bertz CT molecular complexity index is 321. The molecule has 0 aromatic carbocycles. The van der Waals surface area contributed by atoms with Gasteiger partial charge in [-0.25, -0.2) is 0 Å². The van der Waals surface area contributed by atoms with Gasteiger partial charge in [-0.2, -0.15) is 0 Å². The Hall–Kier alpha value is -0.850. The zero-order chi connectivity index (χ0) is 18.0. The summed E-state index contributed by atoms with van der Waals surface area (Å²) in [4.78, 5) is 4.62. The lowest BCUT2D eigenvalue weighted by atomic mass is 9.98. The summed E-state index contributed by atoms with van der Waals surface area (Å²) in [5.74, 6) is 0.903. The molecule has 0 spiro atoms. The minimum Gasteiger partial charge on any atom is -0.382 e. The van der Waals surface area contributed by atoms with Gasteiger partial charge < -0.3 is 24.8 Å². The van der Waals surface area contributed by atoms with Crippen molar-refractivity contribution in [1.29, 1.82) is 0 Å². The highest BCUT2D eigenvalue weighted by molar-refractivity contribution is 5.79. The number of ether oxygens (including phenoxy) is 3. The molecular weight excluding hydrogens is 318 g/mol. The van der Waals surface area contributed by atoms with Crippen LogP contribution in [0.5, 0.6) is 0 Å². The summed E-state index contributed by atoms with van der Waals surface area (Å²) in [5.41, 5.74) is 0. The quantitative estimate of drug-likeness (QED) is 0.284. The number of methoxy groups -OCH3 is 1. The molecule has 0 heterocycles. The number of rotatable bonds is 14. The lowest BCUT2D eigenvalue weighted by Gasteiger charge is -2.21. The molecule has 0 atom stereocenters. The fourth-order valence-corrected chi connectivity index (χ4v) is 2.86. The number of unbranched alkanes of at least 4 members (excludes halogenated alkanes) is 1. The predicted molar refractivity (Wildman–Crippen MR) is 103 cm³/mol. The van der Waals surface area contributed by atoms with E-state index in [4.69, 9.17) is 14.2 Å². The summed E-state index contributed by atoms with van der Waals surface area (Å²) in [6.07, 6.45) is 10.1. The Kier molecular flexibility index (Phi) is 14.7. The molecule has 0 aromatic heterocycles. The van der Waals surface area contributed by atoms with E-state index in [1.54, 1.807) is 7.11 Å². The molecule has 25 heavy (non-hydrogen) atoms. The second-order valence-corrected chi connectivity index (χ2v) is 6.48. The number of nitrogens with one attached hydrogen (secondary N) is 2. The van der Waals surface area contributed by atoms with Crippen molar-refractivity contribution >= 4 is 5.96 Å². The highest BCUT2D eigenvalue weighted by Crippen LogP contribution is 2.20. The highest BCUT2D eigenvalue weighted by atomic mass is 16.5. The van der Waals surface area contributed by atoms with E-state index in [0.29, 0.717) is 19.3 Å². The molecule has 6 nitrogen and oxygen atoms in total. The zero-order valence-electron chi connectivity index (χ0n) is 16.4. The number of hydrogen-bond donors (Lipinski definition) is 2. The highest BCUT2D eigenvalue weighted by Gasteiger charge is 2.12. The summed E-state index contributed by atoms with van der Waals surface area (Å²) in [6, 6.07) is 0. The van der Waals surface area contributed by atoms with Gasteiger partial charge in [-0.3, -0.25) is 4.99 Å². The van der Waals surface area contributed by atoms with Crippen molar-refractivity contribution in [2.45, 2.75) is 64.4 Å². The van der Waals surface area contributed by atoms with E-state index in [0.717, 1.165) is 58.1 Å². The molecule has 1 rings (SSSR count). The van der Waals surface area contributed by atoms with Gasteiger partial charge in [0.15, 0.2) is 5.96 Å². The summed E-state index contributed by atoms with van der Waals surface area (Å²) >= 11 is 0. The first-order valence-corrected chi connectivity index (χ1v) is 10.1. The normalized spacial score (nSPS) is 16.2. The molecule has 2 N–H and O–H groups in total. The van der Waals surface area contributed by atoms with Crippen LogP contribution >= 0.6 is 0 Å². The van der Waals surface area contributed by atoms with Gasteiger partial charge in [0, 0.05) is 40.0 Å². The topological polar surface area (TPSA) is 64.1 Å². The molecule has 0 aliphatic heterocycles. The van der Waals surface area contributed by atoms with Crippen LogP contribution in [-0.2, 0) is 14.2 Å². The van der Waals surface area contributed by atoms with Crippen LogP contribution in [0.2, 0.25) is 0 Å². The zero-order valence-corrected chi connectivity index (χ0v) is 16.4. The average Bonchev–Trinajstić information content (AvgIpc) is 2.64. The van der Waals surface area contributed by atoms with Crippen molar-refractivity contribution in [3.63, 3.8) is 0 Å². The third-order valence-corrected chi connectivity index (χ3v) is 4.26. The van der Waals surface area contributed by atoms with Crippen LogP contribution in [0.4, 0.5) is 0 Å². The van der Waals surface area contributed by atoms with Crippen molar-refractivity contribution in [1.82, 2.24) is 10.6 Å². The lowest BCUT2D eigenvalue weighted by molar-refractivity contribution is 0.0281. The molecule has 0 amide bonds. The van der Waals surface area contributed by atoms with Gasteiger partial charge in [-0.1, -0.05) is 19.3 Å². The number of hydrogen-bond acceptors (Lipinski definition) is 4. The summed E-state index contributed by atoms with van der Waals surface area (Å²) in [7, 11) is 1.69. The van der Waals surface area contributed by atoms with Crippen molar-refractivity contribution in [2.75, 3.05) is 53.2 Å². The van der Waals surface area contributed by atoms with E-state index in [1.165, 1.54) is 32.1 Å². The number of guanidine groups is 1. The Balaban J connectivity index is 2.01. The lowest BCUT2D eigenvalue weighted by Crippen LogP contribution is -2.38. The van der Waals surface area contributed by atoms with Crippen LogP contribution in [0.25, 0.3) is 0 Å². The number of aliphatic imine (C=N–C) groups is 1. The minimum atomic E-state index is 0.496. The first kappa shape index (κ1) is 22.2. The van der Waals surface area contributed by atoms with E-state index < -0.39 is 0 Å². The van der Waals surface area contributed by atoms with E-state index in [1.807, 2.05) is 0 Å². The van der Waals surface area contributed by atoms with E-state index in [9.17, 15) is 0 Å². The molecule has 0 radical (unpaired) electrons. The Morgan fingerprint density at radius 3 is 2.56 bits per heavy atom. The third-order valence-electron chi connectivity index (χ3n) is 4.26. The maximum absolute atomic E-state index is 5.95. The summed E-state index contributed by atoms with van der Waals surface area (Å²) in [6.45, 7) is 7.65. The van der Waals surface area contributed by atoms with E-state index in [2.05, 4.69) is 22.5 Å². The monoisotopic (exact) mass is 357 g/mol. The molecule has 1 saturated carbocycles. The van der Waals surface area contributed by atoms with Gasteiger partial charge in [0.05, 0.1) is 19.3 Å². The molecule has 1 aliphatic rings. The van der Waals surface area contributed by atoms with Crippen LogP contribution in [0, 0.1) is 0 Å². The summed E-state index contributed by atoms with van der Waals surface area (Å²) in [5, 5.41) is 6.67. The predicted octanol–water partition coefficient (Wildman–Crippen LogP) is 2.72. The van der Waals surface area contributed by atoms with Gasteiger partial charge in [-0.15, -0.1) is 0 Å². The van der Waals surface area contributed by atoms with E-state index >= 15 is 0 Å². The molecule has 1 aliphatic carbocycles. The van der Waals surface area contributed by atoms with Crippen LogP contribution < -0.4 is 10.6 Å². The largest absolute Gasteiger partial charge is 0.382 e. The van der Waals surface area contributed by atoms with Gasteiger partial charge in [0.25, 0.3) is 0 Å². The van der Waals surface area contributed by atoms with Crippen LogP contribution in [0.3, 0.4) is 0 Å². The van der Waals surface area contributed by atoms with Crippen molar-refractivity contribution < 1.29 is 14.2 Å². The Morgan fingerprint density at radius 1 is 0.960 bits per heavy atom. The van der Waals surface area contributed by atoms with Gasteiger partial charge in [-0.05, 0) is 39.0 Å². The van der Waals surface area contributed by atoms with Gasteiger partial charge in [0.2, 0.25) is 0 Å². The molecular formula is C19H39N3O3. The Morgan fingerprint density at radius 2 is 1.80 bits per heavy atom. The molecule has 0 unspecified atom stereocenters. The van der Waals surface area contributed by atoms with Crippen molar-refractivity contribution in [2.24, 2.45) is 4.99 Å². The number of nitrogens with zero attached hydrogens (tertiary/aromatic N) is 1. The van der Waals surface area contributed by atoms with Crippen LogP contribution in [-0.4, -0.2) is 65.2 Å². The fourth-order valence-electron chi connectivity index (χ4n) is 2.86. The first-order chi connectivity index (χ1) is 12.4. The molecule has 0 aromatic rings. The fraction of sp³-hybridized carbons (Fsp3) is 0.947. The second-order valence-electron chi connectivity index (χ2n) is 6.48. The average molecular weight is 358 g/mol.